The van der Waals surface area contributed by atoms with Crippen LogP contribution in [0.2, 0.25) is 0 Å². The lowest BCUT2D eigenvalue weighted by Gasteiger charge is -2.03. The molecule has 1 aromatic carbocycles. The summed E-state index contributed by atoms with van der Waals surface area (Å²) in [6.45, 7) is 2.13. The molecule has 1 N–H and O–H groups in total. The summed E-state index contributed by atoms with van der Waals surface area (Å²) in [4.78, 5) is 10.3. The van der Waals surface area contributed by atoms with Gasteiger partial charge >= 0.3 is 0 Å². The number of rotatable bonds is 5. The van der Waals surface area contributed by atoms with Crippen LogP contribution >= 0.6 is 0 Å². The Labute approximate surface area is 83.7 Å². The highest BCUT2D eigenvalue weighted by Crippen LogP contribution is 2.24. The number of unbranched alkanes of at least 4 members (excludes halogenated alkanes) is 2. The summed E-state index contributed by atoms with van der Waals surface area (Å²) in [6.07, 6.45) is 4.12. The molecule has 0 heterocycles. The van der Waals surface area contributed by atoms with Crippen molar-refractivity contribution in [3.8, 4) is 5.75 Å². The molecule has 0 bridgehead atoms. The zero-order valence-electron chi connectivity index (χ0n) is 8.36. The maximum atomic E-state index is 10.3. The topological polar surface area (TPSA) is 49.7 Å². The van der Waals surface area contributed by atoms with E-state index in [4.69, 9.17) is 0 Å². The molecule has 76 valence electrons. The number of hydrogen-bond donors (Lipinski definition) is 1. The first-order valence-corrected chi connectivity index (χ1v) is 4.93. The molecule has 0 unspecified atom stereocenters. The monoisotopic (exact) mass is 193 g/mol. The zero-order chi connectivity index (χ0) is 10.4. The number of benzene rings is 1. The number of nitroso groups, excluding NO2 is 1. The van der Waals surface area contributed by atoms with E-state index in [9.17, 15) is 10.0 Å². The average molecular weight is 193 g/mol. The van der Waals surface area contributed by atoms with Crippen molar-refractivity contribution in [1.82, 2.24) is 0 Å². The summed E-state index contributed by atoms with van der Waals surface area (Å²) in [5.74, 6) is 0.258. The average Bonchev–Trinajstić information content (AvgIpc) is 2.21. The number of phenolic OH excluding ortho intramolecular Hbond substituents is 1. The first-order chi connectivity index (χ1) is 6.77. The zero-order valence-corrected chi connectivity index (χ0v) is 8.36. The van der Waals surface area contributed by atoms with E-state index < -0.39 is 0 Å². The van der Waals surface area contributed by atoms with Gasteiger partial charge in [-0.2, -0.15) is 0 Å². The van der Waals surface area contributed by atoms with E-state index in [1.807, 2.05) is 0 Å². The van der Waals surface area contributed by atoms with Crippen molar-refractivity contribution < 1.29 is 5.11 Å². The van der Waals surface area contributed by atoms with Crippen LogP contribution in [-0.2, 0) is 6.42 Å². The Morgan fingerprint density at radius 3 is 2.79 bits per heavy atom. The summed E-state index contributed by atoms with van der Waals surface area (Å²) >= 11 is 0. The van der Waals surface area contributed by atoms with E-state index in [1.165, 1.54) is 12.1 Å². The highest BCUT2D eigenvalue weighted by molar-refractivity contribution is 5.46. The van der Waals surface area contributed by atoms with Crippen LogP contribution in [0.1, 0.15) is 31.7 Å². The van der Waals surface area contributed by atoms with Gasteiger partial charge < -0.3 is 5.11 Å². The lowest BCUT2D eigenvalue weighted by molar-refractivity contribution is 0.466. The van der Waals surface area contributed by atoms with Crippen molar-refractivity contribution in [2.45, 2.75) is 32.6 Å². The minimum absolute atomic E-state index is 0.258. The Morgan fingerprint density at radius 2 is 2.14 bits per heavy atom. The molecule has 0 aliphatic rings. The molecule has 0 saturated heterocycles. The molecular formula is C11H15NO2. The van der Waals surface area contributed by atoms with E-state index in [1.54, 1.807) is 6.07 Å². The summed E-state index contributed by atoms with van der Waals surface area (Å²) in [5.41, 5.74) is 1.20. The molecule has 0 radical (unpaired) electrons. The van der Waals surface area contributed by atoms with Crippen LogP contribution in [0.15, 0.2) is 23.4 Å². The second kappa shape index (κ2) is 5.37. The van der Waals surface area contributed by atoms with E-state index in [0.29, 0.717) is 5.69 Å². The Bertz CT molecular complexity index is 310. The second-order valence-corrected chi connectivity index (χ2v) is 3.36. The van der Waals surface area contributed by atoms with Gasteiger partial charge in [-0.05, 0) is 41.8 Å². The van der Waals surface area contributed by atoms with Gasteiger partial charge in [0.05, 0.1) is 0 Å². The van der Waals surface area contributed by atoms with Crippen molar-refractivity contribution >= 4 is 5.69 Å². The van der Waals surface area contributed by atoms with Crippen LogP contribution in [0.25, 0.3) is 0 Å². The fourth-order valence-electron chi connectivity index (χ4n) is 1.39. The smallest absolute Gasteiger partial charge is 0.118 e. The van der Waals surface area contributed by atoms with Crippen LogP contribution in [0.3, 0.4) is 0 Å². The van der Waals surface area contributed by atoms with Crippen molar-refractivity contribution in [3.63, 3.8) is 0 Å². The number of nitrogens with zero attached hydrogens (tertiary/aromatic N) is 1. The number of aromatic hydroxyl groups is 1. The van der Waals surface area contributed by atoms with Gasteiger partial charge in [-0.1, -0.05) is 19.8 Å². The summed E-state index contributed by atoms with van der Waals surface area (Å²) in [5, 5.41) is 12.3. The second-order valence-electron chi connectivity index (χ2n) is 3.36. The molecule has 0 fully saturated rings. The first kappa shape index (κ1) is 10.7. The first-order valence-electron chi connectivity index (χ1n) is 4.93. The fraction of sp³-hybridized carbons (Fsp3) is 0.455. The van der Waals surface area contributed by atoms with E-state index in [0.717, 1.165) is 31.2 Å². The predicted octanol–water partition coefficient (Wildman–Crippen LogP) is 3.52. The molecule has 0 aliphatic heterocycles. The van der Waals surface area contributed by atoms with Crippen LogP contribution in [0.5, 0.6) is 5.75 Å². The van der Waals surface area contributed by atoms with Crippen molar-refractivity contribution in [1.29, 1.82) is 0 Å². The van der Waals surface area contributed by atoms with Crippen molar-refractivity contribution in [2.24, 2.45) is 5.18 Å². The van der Waals surface area contributed by atoms with Gasteiger partial charge in [-0.25, -0.2) is 0 Å². The number of aryl methyl sites for hydroxylation is 1. The molecule has 14 heavy (non-hydrogen) atoms. The third kappa shape index (κ3) is 2.83. The lowest BCUT2D eigenvalue weighted by Crippen LogP contribution is -1.86. The van der Waals surface area contributed by atoms with Crippen molar-refractivity contribution in [3.05, 3.63) is 28.7 Å². The molecule has 0 saturated carbocycles. The van der Waals surface area contributed by atoms with E-state index in [2.05, 4.69) is 12.1 Å². The van der Waals surface area contributed by atoms with Crippen LogP contribution in [0.4, 0.5) is 5.69 Å². The summed E-state index contributed by atoms with van der Waals surface area (Å²) in [7, 11) is 0. The molecular weight excluding hydrogens is 178 g/mol. The Balaban J connectivity index is 2.68. The predicted molar refractivity (Wildman–Crippen MR) is 56.8 cm³/mol. The molecule has 0 atom stereocenters. The van der Waals surface area contributed by atoms with Gasteiger partial charge in [0.1, 0.15) is 11.4 Å². The standard InChI is InChI=1S/C11H15NO2/c1-2-3-4-5-9-8-10(12-14)6-7-11(9)13/h6-8,13H,2-5H2,1H3. The molecule has 0 aliphatic carbocycles. The van der Waals surface area contributed by atoms with Gasteiger partial charge in [0.15, 0.2) is 0 Å². The molecule has 1 rings (SSSR count). The molecule has 0 spiro atoms. The Morgan fingerprint density at radius 1 is 1.36 bits per heavy atom. The maximum absolute atomic E-state index is 10.3. The van der Waals surface area contributed by atoms with E-state index in [-0.39, 0.29) is 5.75 Å². The third-order valence-corrected chi connectivity index (χ3v) is 2.22. The van der Waals surface area contributed by atoms with Gasteiger partial charge in [0.2, 0.25) is 0 Å². The SMILES string of the molecule is CCCCCc1cc(N=O)ccc1O. The summed E-state index contributed by atoms with van der Waals surface area (Å²) < 4.78 is 0. The van der Waals surface area contributed by atoms with Crippen molar-refractivity contribution in [2.75, 3.05) is 0 Å². The Kier molecular flexibility index (Phi) is 4.11. The fourth-order valence-corrected chi connectivity index (χ4v) is 1.39. The Hall–Kier alpha value is -1.38. The van der Waals surface area contributed by atoms with Crippen LogP contribution < -0.4 is 0 Å². The highest BCUT2D eigenvalue weighted by Gasteiger charge is 2.02. The van der Waals surface area contributed by atoms with Gasteiger partial charge in [0, 0.05) is 0 Å². The van der Waals surface area contributed by atoms with Gasteiger partial charge in [-0.15, -0.1) is 4.91 Å². The van der Waals surface area contributed by atoms with E-state index >= 15 is 0 Å². The lowest BCUT2D eigenvalue weighted by atomic mass is 10.1. The number of phenols is 1. The van der Waals surface area contributed by atoms with Gasteiger partial charge in [0.25, 0.3) is 0 Å². The number of hydrogen-bond acceptors (Lipinski definition) is 3. The minimum Gasteiger partial charge on any atom is -0.508 e. The highest BCUT2D eigenvalue weighted by atomic mass is 16.3. The third-order valence-electron chi connectivity index (χ3n) is 2.22. The summed E-state index contributed by atoms with van der Waals surface area (Å²) in [6, 6.07) is 4.70. The largest absolute Gasteiger partial charge is 0.508 e. The molecule has 3 heteroatoms. The molecule has 0 amide bonds. The maximum Gasteiger partial charge on any atom is 0.118 e. The minimum atomic E-state index is 0.258. The van der Waals surface area contributed by atoms with Crippen LogP contribution in [-0.4, -0.2) is 5.11 Å². The molecule has 3 nitrogen and oxygen atoms in total. The van der Waals surface area contributed by atoms with Gasteiger partial charge in [-0.3, -0.25) is 0 Å². The van der Waals surface area contributed by atoms with Crippen LogP contribution in [0, 0.1) is 4.91 Å². The molecule has 0 aromatic heterocycles. The molecule has 1 aromatic rings. The quantitative estimate of drug-likeness (QED) is 0.574. The normalized spacial score (nSPS) is 10.1.